The van der Waals surface area contributed by atoms with Crippen LogP contribution in [0.5, 0.6) is 5.75 Å². The predicted molar refractivity (Wildman–Crippen MR) is 141 cm³/mol. The maximum atomic E-state index is 12.0. The van der Waals surface area contributed by atoms with Gasteiger partial charge in [-0.05, 0) is 58.6 Å². The summed E-state index contributed by atoms with van der Waals surface area (Å²) in [6.45, 7) is 14.2. The van der Waals surface area contributed by atoms with Gasteiger partial charge in [-0.2, -0.15) is 0 Å². The molecule has 0 saturated carbocycles. The zero-order valence-corrected chi connectivity index (χ0v) is 22.9. The number of carbonyl (C=O) groups is 1. The van der Waals surface area contributed by atoms with E-state index in [4.69, 9.17) is 4.74 Å². The van der Waals surface area contributed by atoms with E-state index in [0.29, 0.717) is 5.75 Å². The fraction of sp³-hybridized carbons (Fsp3) is 0.750. The van der Waals surface area contributed by atoms with Crippen molar-refractivity contribution in [2.75, 3.05) is 60.9 Å². The molecule has 0 spiro atoms. The lowest BCUT2D eigenvalue weighted by molar-refractivity contribution is -0.923. The molecule has 5 heteroatoms. The quantitative estimate of drug-likeness (QED) is 0.200. The molecule has 1 aromatic carbocycles. The number of nitrogens with zero attached hydrogens (tertiary/aromatic N) is 3. The zero-order valence-electron chi connectivity index (χ0n) is 22.9. The number of carbonyl (C=O) groups excluding carboxylic acids is 1. The Labute approximate surface area is 204 Å². The lowest BCUT2D eigenvalue weighted by Gasteiger charge is -2.35. The van der Waals surface area contributed by atoms with Crippen LogP contribution in [0.25, 0.3) is 0 Å². The molecule has 0 unspecified atom stereocenters. The SMILES string of the molecule is CC[N+](CC)(CC)CCCCCCCCCC[N+](C)(C)Cc1ccccc1OC(=O)N(C)C. The molecule has 0 aromatic heterocycles. The van der Waals surface area contributed by atoms with Crippen LogP contribution >= 0.6 is 0 Å². The van der Waals surface area contributed by atoms with Crippen LogP contribution in [0.2, 0.25) is 0 Å². The van der Waals surface area contributed by atoms with Gasteiger partial charge in [-0.25, -0.2) is 4.79 Å². The van der Waals surface area contributed by atoms with E-state index in [9.17, 15) is 4.79 Å². The molecule has 1 rings (SSSR count). The second kappa shape index (κ2) is 15.3. The predicted octanol–water partition coefficient (Wildman–Crippen LogP) is 6.32. The minimum Gasteiger partial charge on any atom is -0.410 e. The fourth-order valence-corrected chi connectivity index (χ4v) is 4.65. The highest BCUT2D eigenvalue weighted by Gasteiger charge is 2.20. The number of unbranched alkanes of at least 4 members (excludes halogenated alkanes) is 7. The van der Waals surface area contributed by atoms with Gasteiger partial charge in [-0.15, -0.1) is 0 Å². The average Bonchev–Trinajstić information content (AvgIpc) is 2.79. The van der Waals surface area contributed by atoms with Crippen molar-refractivity contribution in [3.8, 4) is 5.75 Å². The van der Waals surface area contributed by atoms with Crippen molar-refractivity contribution in [3.05, 3.63) is 29.8 Å². The molecule has 0 aliphatic heterocycles. The van der Waals surface area contributed by atoms with Crippen molar-refractivity contribution >= 4 is 6.09 Å². The van der Waals surface area contributed by atoms with Crippen molar-refractivity contribution in [1.82, 2.24) is 4.90 Å². The number of ether oxygens (including phenoxy) is 1. The first-order chi connectivity index (χ1) is 15.7. The number of rotatable bonds is 17. The summed E-state index contributed by atoms with van der Waals surface area (Å²) in [7, 11) is 7.96. The first-order valence-corrected chi connectivity index (χ1v) is 13.3. The molecule has 0 bridgehead atoms. The summed E-state index contributed by atoms with van der Waals surface area (Å²) in [5.41, 5.74) is 1.09. The Bertz CT molecular complexity index is 661. The normalized spacial score (nSPS) is 12.1. The highest BCUT2D eigenvalue weighted by atomic mass is 16.6. The van der Waals surface area contributed by atoms with Crippen LogP contribution in [-0.4, -0.2) is 80.9 Å². The van der Waals surface area contributed by atoms with E-state index in [-0.39, 0.29) is 6.09 Å². The highest BCUT2D eigenvalue weighted by Crippen LogP contribution is 2.23. The molecule has 0 fully saturated rings. The Morgan fingerprint density at radius 2 is 1.27 bits per heavy atom. The number of para-hydroxylation sites is 1. The molecule has 0 aliphatic carbocycles. The van der Waals surface area contributed by atoms with Gasteiger partial charge in [-0.1, -0.05) is 37.8 Å². The number of hydrogen-bond donors (Lipinski definition) is 0. The van der Waals surface area contributed by atoms with Crippen LogP contribution in [0.3, 0.4) is 0 Å². The third-order valence-electron chi connectivity index (χ3n) is 7.29. The Hall–Kier alpha value is -1.59. The maximum Gasteiger partial charge on any atom is 0.414 e. The molecule has 0 saturated heterocycles. The summed E-state index contributed by atoms with van der Waals surface area (Å²) >= 11 is 0. The molecule has 190 valence electrons. The van der Waals surface area contributed by atoms with E-state index >= 15 is 0 Å². The second-order valence-corrected chi connectivity index (χ2v) is 10.5. The Balaban J connectivity index is 2.24. The maximum absolute atomic E-state index is 12.0. The van der Waals surface area contributed by atoms with Crippen LogP contribution in [0.15, 0.2) is 24.3 Å². The van der Waals surface area contributed by atoms with E-state index in [1.807, 2.05) is 18.2 Å². The van der Waals surface area contributed by atoms with Gasteiger partial charge in [0.2, 0.25) is 0 Å². The molecule has 0 heterocycles. The van der Waals surface area contributed by atoms with E-state index < -0.39 is 0 Å². The second-order valence-electron chi connectivity index (χ2n) is 10.5. The van der Waals surface area contributed by atoms with Crippen molar-refractivity contribution in [1.29, 1.82) is 0 Å². The molecule has 0 N–H and O–H groups in total. The van der Waals surface area contributed by atoms with Gasteiger partial charge in [0, 0.05) is 19.7 Å². The number of benzene rings is 1. The average molecular weight is 464 g/mol. The fourth-order valence-electron chi connectivity index (χ4n) is 4.65. The van der Waals surface area contributed by atoms with Crippen molar-refractivity contribution in [3.63, 3.8) is 0 Å². The summed E-state index contributed by atoms with van der Waals surface area (Å²) in [6.07, 6.45) is 10.5. The van der Waals surface area contributed by atoms with E-state index in [0.717, 1.165) is 23.1 Å². The summed E-state index contributed by atoms with van der Waals surface area (Å²) < 4.78 is 7.76. The topological polar surface area (TPSA) is 29.5 Å². The standard InChI is InChI=1S/C28H53N3O2/c1-8-31(9-2,10-3)24-20-16-14-12-11-13-15-19-23-30(6,7)25-26-21-17-18-22-27(26)33-28(32)29(4)5/h17-18,21-22H,8-16,19-20,23-25H2,1-7H3/q+2. The lowest BCUT2D eigenvalue weighted by Crippen LogP contribution is -2.48. The van der Waals surface area contributed by atoms with Gasteiger partial charge in [0.05, 0.1) is 46.8 Å². The number of quaternary nitrogens is 2. The summed E-state index contributed by atoms with van der Waals surface area (Å²) in [5.74, 6) is 0.676. The van der Waals surface area contributed by atoms with Gasteiger partial charge < -0.3 is 18.6 Å². The first-order valence-electron chi connectivity index (χ1n) is 13.3. The summed E-state index contributed by atoms with van der Waals surface area (Å²) in [4.78, 5) is 13.4. The van der Waals surface area contributed by atoms with Crippen LogP contribution in [0.4, 0.5) is 4.79 Å². The first kappa shape index (κ1) is 29.4. The van der Waals surface area contributed by atoms with Gasteiger partial charge in [0.15, 0.2) is 0 Å². The Kier molecular flexibility index (Phi) is 13.7. The highest BCUT2D eigenvalue weighted by molar-refractivity contribution is 5.70. The summed E-state index contributed by atoms with van der Waals surface area (Å²) in [5, 5.41) is 0. The van der Waals surface area contributed by atoms with Crippen molar-refractivity contribution in [2.24, 2.45) is 0 Å². The van der Waals surface area contributed by atoms with Crippen LogP contribution in [-0.2, 0) is 6.54 Å². The Morgan fingerprint density at radius 1 is 0.788 bits per heavy atom. The molecule has 1 aromatic rings. The van der Waals surface area contributed by atoms with Gasteiger partial charge in [-0.3, -0.25) is 0 Å². The van der Waals surface area contributed by atoms with Crippen LogP contribution in [0.1, 0.15) is 77.7 Å². The molecule has 0 atom stereocenters. The molecular formula is C28H53N3O2+2. The van der Waals surface area contributed by atoms with E-state index in [1.54, 1.807) is 14.1 Å². The van der Waals surface area contributed by atoms with Crippen molar-refractivity contribution < 1.29 is 18.5 Å². The smallest absolute Gasteiger partial charge is 0.410 e. The molecule has 33 heavy (non-hydrogen) atoms. The lowest BCUT2D eigenvalue weighted by atomic mass is 10.1. The minimum absolute atomic E-state index is 0.327. The monoisotopic (exact) mass is 463 g/mol. The molecule has 5 nitrogen and oxygen atoms in total. The van der Waals surface area contributed by atoms with Gasteiger partial charge >= 0.3 is 6.09 Å². The van der Waals surface area contributed by atoms with Crippen molar-refractivity contribution in [2.45, 2.75) is 78.7 Å². The zero-order chi connectivity index (χ0) is 24.7. The Morgan fingerprint density at radius 3 is 1.79 bits per heavy atom. The minimum atomic E-state index is -0.327. The van der Waals surface area contributed by atoms with E-state index in [2.05, 4.69) is 40.9 Å². The van der Waals surface area contributed by atoms with E-state index in [1.165, 1.54) is 86.9 Å². The summed E-state index contributed by atoms with van der Waals surface area (Å²) in [6, 6.07) is 7.91. The molecular weight excluding hydrogens is 410 g/mol. The molecule has 1 amide bonds. The number of hydrogen-bond acceptors (Lipinski definition) is 2. The molecule has 0 radical (unpaired) electrons. The third-order valence-corrected chi connectivity index (χ3v) is 7.29. The van der Waals surface area contributed by atoms with Gasteiger partial charge in [0.1, 0.15) is 12.3 Å². The van der Waals surface area contributed by atoms with Gasteiger partial charge in [0.25, 0.3) is 0 Å². The van der Waals surface area contributed by atoms with Crippen LogP contribution < -0.4 is 4.74 Å². The third kappa shape index (κ3) is 11.4. The largest absolute Gasteiger partial charge is 0.414 e. The number of amides is 1. The molecule has 0 aliphatic rings. The van der Waals surface area contributed by atoms with Crippen LogP contribution in [0, 0.1) is 0 Å².